The molecule has 2 N–H and O–H groups in total. The van der Waals surface area contributed by atoms with Crippen molar-refractivity contribution >= 4 is 18.3 Å². The SMILES string of the molecule is Cl.O=C(NC1CCC2(CC1)OCCO2)c1ccn(C2CCCNC2)n1. The fraction of sp³-hybridized carbons (Fsp3) is 0.765. The van der Waals surface area contributed by atoms with E-state index in [4.69, 9.17) is 9.47 Å². The molecule has 3 fully saturated rings. The Morgan fingerprint density at radius 2 is 2.04 bits per heavy atom. The second kappa shape index (κ2) is 8.03. The van der Waals surface area contributed by atoms with Gasteiger partial charge in [0.25, 0.3) is 5.91 Å². The topological polar surface area (TPSA) is 77.4 Å². The standard InChI is InChI=1S/C17H26N4O3.ClH/c22-16(15-5-9-21(20-15)14-2-1-8-18-12-14)19-13-3-6-17(7-4-13)23-10-11-24-17;/h5,9,13-14,18H,1-4,6-8,10-12H2,(H,19,22);1H. The van der Waals surface area contributed by atoms with Crippen molar-refractivity contribution < 1.29 is 14.3 Å². The van der Waals surface area contributed by atoms with Crippen LogP contribution < -0.4 is 10.6 Å². The van der Waals surface area contributed by atoms with Crippen LogP contribution in [0.4, 0.5) is 0 Å². The Morgan fingerprint density at radius 1 is 1.28 bits per heavy atom. The summed E-state index contributed by atoms with van der Waals surface area (Å²) in [6, 6.07) is 2.35. The molecule has 0 aromatic carbocycles. The van der Waals surface area contributed by atoms with Gasteiger partial charge in [0, 0.05) is 31.6 Å². The molecule has 3 heterocycles. The van der Waals surface area contributed by atoms with Gasteiger partial charge in [-0.25, -0.2) is 0 Å². The number of carbonyl (C=O) groups is 1. The predicted octanol–water partition coefficient (Wildman–Crippen LogP) is 1.64. The summed E-state index contributed by atoms with van der Waals surface area (Å²) >= 11 is 0. The summed E-state index contributed by atoms with van der Waals surface area (Å²) in [5.41, 5.74) is 0.509. The van der Waals surface area contributed by atoms with E-state index in [0.717, 1.165) is 51.6 Å². The molecule has 1 aromatic rings. The molecule has 0 radical (unpaired) electrons. The molecule has 2 aliphatic heterocycles. The lowest BCUT2D eigenvalue weighted by Crippen LogP contribution is -2.44. The van der Waals surface area contributed by atoms with Gasteiger partial charge in [0.1, 0.15) is 5.69 Å². The monoisotopic (exact) mass is 370 g/mol. The lowest BCUT2D eigenvalue weighted by atomic mass is 9.90. The molecule has 1 unspecified atom stereocenters. The van der Waals surface area contributed by atoms with Crippen LogP contribution in [0.2, 0.25) is 0 Å². The van der Waals surface area contributed by atoms with Crippen LogP contribution in [0, 0.1) is 0 Å². The maximum absolute atomic E-state index is 12.5. The Labute approximate surface area is 154 Å². The smallest absolute Gasteiger partial charge is 0.271 e. The van der Waals surface area contributed by atoms with E-state index in [1.807, 2.05) is 16.9 Å². The molecule has 140 valence electrons. The molecule has 1 aromatic heterocycles. The average molecular weight is 371 g/mol. The Hall–Kier alpha value is -1.15. The van der Waals surface area contributed by atoms with Crippen molar-refractivity contribution in [1.29, 1.82) is 0 Å². The van der Waals surface area contributed by atoms with Crippen LogP contribution in [0.3, 0.4) is 0 Å². The van der Waals surface area contributed by atoms with E-state index in [2.05, 4.69) is 15.7 Å². The van der Waals surface area contributed by atoms with Gasteiger partial charge in [0.05, 0.1) is 19.3 Å². The summed E-state index contributed by atoms with van der Waals surface area (Å²) in [6.07, 6.45) is 7.65. The molecule has 7 nitrogen and oxygen atoms in total. The molecule has 2 saturated heterocycles. The largest absolute Gasteiger partial charge is 0.348 e. The van der Waals surface area contributed by atoms with Crippen molar-refractivity contribution in [2.24, 2.45) is 0 Å². The highest BCUT2D eigenvalue weighted by Gasteiger charge is 2.40. The number of halogens is 1. The first-order valence-electron chi connectivity index (χ1n) is 9.09. The molecule has 8 heteroatoms. The number of nitrogens with zero attached hydrogens (tertiary/aromatic N) is 2. The molecule has 1 saturated carbocycles. The second-order valence-corrected chi connectivity index (χ2v) is 7.04. The zero-order valence-electron chi connectivity index (χ0n) is 14.4. The van der Waals surface area contributed by atoms with E-state index in [1.54, 1.807) is 0 Å². The summed E-state index contributed by atoms with van der Waals surface area (Å²) in [5, 5.41) is 11.0. The minimum atomic E-state index is -0.378. The number of hydrogen-bond acceptors (Lipinski definition) is 5. The zero-order chi connectivity index (χ0) is 16.4. The van der Waals surface area contributed by atoms with Crippen LogP contribution >= 0.6 is 12.4 Å². The highest BCUT2D eigenvalue weighted by molar-refractivity contribution is 5.92. The normalized spacial score (nSPS) is 26.3. The molecule has 0 bridgehead atoms. The van der Waals surface area contributed by atoms with Crippen molar-refractivity contribution in [3.8, 4) is 0 Å². The van der Waals surface area contributed by atoms with Crippen LogP contribution in [0.15, 0.2) is 12.3 Å². The number of aromatic nitrogens is 2. The van der Waals surface area contributed by atoms with Crippen LogP contribution in [-0.4, -0.2) is 53.8 Å². The molecule has 1 spiro atoms. The third-order valence-electron chi connectivity index (χ3n) is 5.38. The number of ether oxygens (including phenoxy) is 2. The molecular formula is C17H27ClN4O3. The summed E-state index contributed by atoms with van der Waals surface area (Å²) in [5.74, 6) is -0.455. The van der Waals surface area contributed by atoms with E-state index in [1.165, 1.54) is 0 Å². The highest BCUT2D eigenvalue weighted by atomic mass is 35.5. The van der Waals surface area contributed by atoms with E-state index in [9.17, 15) is 4.79 Å². The lowest BCUT2D eigenvalue weighted by molar-refractivity contribution is -0.179. The number of carbonyl (C=O) groups excluding carboxylic acids is 1. The van der Waals surface area contributed by atoms with Gasteiger partial charge in [-0.3, -0.25) is 9.48 Å². The maximum atomic E-state index is 12.5. The van der Waals surface area contributed by atoms with Gasteiger partial charge in [-0.2, -0.15) is 5.10 Å². The van der Waals surface area contributed by atoms with Crippen LogP contribution in [0.1, 0.15) is 55.1 Å². The van der Waals surface area contributed by atoms with Crippen LogP contribution in [-0.2, 0) is 9.47 Å². The summed E-state index contributed by atoms with van der Waals surface area (Å²) in [4.78, 5) is 12.5. The van der Waals surface area contributed by atoms with Crippen LogP contribution in [0.5, 0.6) is 0 Å². The lowest BCUT2D eigenvalue weighted by Gasteiger charge is -2.35. The first-order valence-corrected chi connectivity index (χ1v) is 9.09. The fourth-order valence-corrected chi connectivity index (χ4v) is 3.97. The van der Waals surface area contributed by atoms with Crippen molar-refractivity contribution in [2.75, 3.05) is 26.3 Å². The van der Waals surface area contributed by atoms with Gasteiger partial charge in [-0.1, -0.05) is 0 Å². The fourth-order valence-electron chi connectivity index (χ4n) is 3.97. The van der Waals surface area contributed by atoms with Gasteiger partial charge >= 0.3 is 0 Å². The Morgan fingerprint density at radius 3 is 2.72 bits per heavy atom. The average Bonchev–Trinajstić information content (AvgIpc) is 3.28. The molecule has 25 heavy (non-hydrogen) atoms. The minimum Gasteiger partial charge on any atom is -0.348 e. The predicted molar refractivity (Wildman–Crippen MR) is 95.0 cm³/mol. The summed E-state index contributed by atoms with van der Waals surface area (Å²) < 4.78 is 13.4. The van der Waals surface area contributed by atoms with Gasteiger partial charge in [0.2, 0.25) is 0 Å². The molecule has 3 aliphatic rings. The zero-order valence-corrected chi connectivity index (χ0v) is 15.2. The van der Waals surface area contributed by atoms with Crippen molar-refractivity contribution in [2.45, 2.75) is 56.4 Å². The highest BCUT2D eigenvalue weighted by Crippen LogP contribution is 2.35. The Balaban J connectivity index is 0.00000182. The van der Waals surface area contributed by atoms with Gasteiger partial charge in [-0.15, -0.1) is 12.4 Å². The van der Waals surface area contributed by atoms with Crippen molar-refractivity contribution in [3.05, 3.63) is 18.0 Å². The van der Waals surface area contributed by atoms with Gasteiger partial charge in [-0.05, 0) is 38.3 Å². The molecule has 4 rings (SSSR count). The van der Waals surface area contributed by atoms with Gasteiger partial charge < -0.3 is 20.1 Å². The minimum absolute atomic E-state index is 0. The third kappa shape index (κ3) is 4.16. The first kappa shape index (κ1) is 18.6. The number of rotatable bonds is 3. The molecule has 1 aliphatic carbocycles. The second-order valence-electron chi connectivity index (χ2n) is 7.04. The van der Waals surface area contributed by atoms with E-state index in [0.29, 0.717) is 24.9 Å². The number of nitrogens with one attached hydrogen (secondary N) is 2. The third-order valence-corrected chi connectivity index (χ3v) is 5.38. The summed E-state index contributed by atoms with van der Waals surface area (Å²) in [7, 11) is 0. The molecule has 1 amide bonds. The Kier molecular flexibility index (Phi) is 5.99. The molecule has 1 atom stereocenters. The number of piperidine rings is 1. The summed E-state index contributed by atoms with van der Waals surface area (Å²) in [6.45, 7) is 3.37. The van der Waals surface area contributed by atoms with Crippen molar-refractivity contribution in [1.82, 2.24) is 20.4 Å². The van der Waals surface area contributed by atoms with E-state index < -0.39 is 0 Å². The quantitative estimate of drug-likeness (QED) is 0.845. The Bertz CT molecular complexity index is 572. The number of hydrogen-bond donors (Lipinski definition) is 2. The number of amides is 1. The van der Waals surface area contributed by atoms with Crippen molar-refractivity contribution in [3.63, 3.8) is 0 Å². The first-order chi connectivity index (χ1) is 11.7. The van der Waals surface area contributed by atoms with E-state index >= 15 is 0 Å². The van der Waals surface area contributed by atoms with E-state index in [-0.39, 0.29) is 30.1 Å². The van der Waals surface area contributed by atoms with Gasteiger partial charge in [0.15, 0.2) is 5.79 Å². The molecular weight excluding hydrogens is 344 g/mol. The maximum Gasteiger partial charge on any atom is 0.271 e. The van der Waals surface area contributed by atoms with Crippen LogP contribution in [0.25, 0.3) is 0 Å².